The van der Waals surface area contributed by atoms with Crippen molar-refractivity contribution in [3.05, 3.63) is 29.3 Å². The van der Waals surface area contributed by atoms with E-state index in [4.69, 9.17) is 11.6 Å². The number of nitrogens with zero attached hydrogens (tertiary/aromatic N) is 1. The number of hydrogen-bond donors (Lipinski definition) is 3. The first-order valence-electron chi connectivity index (χ1n) is 7.26. The molecule has 9 heteroatoms. The zero-order chi connectivity index (χ0) is 17.7. The Bertz CT molecular complexity index is 662. The van der Waals surface area contributed by atoms with Crippen molar-refractivity contribution in [1.82, 2.24) is 15.5 Å². The molecule has 1 atom stereocenters. The average Bonchev–Trinajstić information content (AvgIpc) is 2.84. The maximum Gasteiger partial charge on any atom is 0.322 e. The van der Waals surface area contributed by atoms with Crippen LogP contribution < -0.4 is 16.0 Å². The molecule has 0 aliphatic carbocycles. The van der Waals surface area contributed by atoms with Crippen LogP contribution in [0, 0.1) is 0 Å². The van der Waals surface area contributed by atoms with E-state index in [2.05, 4.69) is 16.0 Å². The zero-order valence-corrected chi connectivity index (χ0v) is 13.7. The minimum Gasteiger partial charge on any atom is -0.336 e. The molecule has 0 aromatic heterocycles. The second kappa shape index (κ2) is 7.78. The molecule has 1 aromatic carbocycles. The number of anilines is 1. The number of carbonyl (C=O) groups is 4. The van der Waals surface area contributed by atoms with Crippen molar-refractivity contribution >= 4 is 41.0 Å². The molecule has 1 aliphatic heterocycles. The Hall–Kier alpha value is -2.61. The number of benzene rings is 1. The molecule has 128 valence electrons. The fourth-order valence-electron chi connectivity index (χ4n) is 2.16. The number of rotatable bonds is 6. The van der Waals surface area contributed by atoms with Crippen LogP contribution in [-0.2, 0) is 14.4 Å². The molecule has 1 aliphatic rings. The lowest BCUT2D eigenvalue weighted by molar-refractivity contribution is -0.133. The maximum atomic E-state index is 12.0. The first kappa shape index (κ1) is 17.7. The van der Waals surface area contributed by atoms with Gasteiger partial charge in [0.05, 0.1) is 6.54 Å². The number of likely N-dealkylation sites (N-methyl/N-ethyl adjacent to an activating group) is 1. The largest absolute Gasteiger partial charge is 0.336 e. The lowest BCUT2D eigenvalue weighted by Gasteiger charge is -2.17. The maximum absolute atomic E-state index is 12.0. The molecule has 1 fully saturated rings. The predicted octanol–water partition coefficient (Wildman–Crippen LogP) is 0.725. The Labute approximate surface area is 143 Å². The third kappa shape index (κ3) is 4.95. The normalized spacial score (nSPS) is 16.3. The summed E-state index contributed by atoms with van der Waals surface area (Å²) < 4.78 is 0. The first-order chi connectivity index (χ1) is 11.3. The number of halogens is 1. The van der Waals surface area contributed by atoms with Gasteiger partial charge in [-0.15, -0.1) is 0 Å². The van der Waals surface area contributed by atoms with Gasteiger partial charge in [0.25, 0.3) is 5.91 Å². The molecule has 5 amide bonds. The Morgan fingerprint density at radius 2 is 1.92 bits per heavy atom. The quantitative estimate of drug-likeness (QED) is 0.656. The van der Waals surface area contributed by atoms with Crippen LogP contribution in [0.25, 0.3) is 0 Å². The summed E-state index contributed by atoms with van der Waals surface area (Å²) in [6.07, 6.45) is 0.225. The molecule has 24 heavy (non-hydrogen) atoms. The summed E-state index contributed by atoms with van der Waals surface area (Å²) in [6, 6.07) is 5.33. The Morgan fingerprint density at radius 1 is 1.25 bits per heavy atom. The minimum absolute atomic E-state index is 0.0447. The molecule has 0 spiro atoms. The third-order valence-corrected chi connectivity index (χ3v) is 3.69. The summed E-state index contributed by atoms with van der Waals surface area (Å²) in [6.45, 7) is -0.120. The lowest BCUT2D eigenvalue weighted by atomic mass is 10.1. The molecular formula is C15H17ClN4O4. The van der Waals surface area contributed by atoms with Gasteiger partial charge in [0.2, 0.25) is 11.8 Å². The number of urea groups is 1. The number of amides is 5. The summed E-state index contributed by atoms with van der Waals surface area (Å²) in [5.41, 5.74) is 0.579. The van der Waals surface area contributed by atoms with E-state index in [1.54, 1.807) is 24.3 Å². The highest BCUT2D eigenvalue weighted by Crippen LogP contribution is 2.13. The van der Waals surface area contributed by atoms with Crippen molar-refractivity contribution in [3.63, 3.8) is 0 Å². The van der Waals surface area contributed by atoms with E-state index >= 15 is 0 Å². The van der Waals surface area contributed by atoms with E-state index in [0.29, 0.717) is 10.7 Å². The number of hydrogen-bond acceptors (Lipinski definition) is 4. The van der Waals surface area contributed by atoms with Gasteiger partial charge in [-0.1, -0.05) is 11.6 Å². The van der Waals surface area contributed by atoms with Gasteiger partial charge in [-0.2, -0.15) is 0 Å². The zero-order valence-electron chi connectivity index (χ0n) is 13.0. The van der Waals surface area contributed by atoms with Crippen LogP contribution in [0.4, 0.5) is 10.5 Å². The van der Waals surface area contributed by atoms with Crippen LogP contribution in [-0.4, -0.2) is 48.3 Å². The first-order valence-corrected chi connectivity index (χ1v) is 7.63. The SMILES string of the molecule is CN(CC(=O)Nc1ccc(Cl)cc1)C(=O)CC[C@@H]1NC(=O)NC1=O. The summed E-state index contributed by atoms with van der Waals surface area (Å²) in [5, 5.41) is 7.72. The number of imide groups is 1. The molecule has 1 aromatic rings. The van der Waals surface area contributed by atoms with E-state index in [0.717, 1.165) is 0 Å². The number of carbonyl (C=O) groups excluding carboxylic acids is 4. The van der Waals surface area contributed by atoms with Crippen LogP contribution in [0.5, 0.6) is 0 Å². The molecule has 1 saturated heterocycles. The van der Waals surface area contributed by atoms with Gasteiger partial charge < -0.3 is 15.5 Å². The van der Waals surface area contributed by atoms with Crippen LogP contribution in [0.15, 0.2) is 24.3 Å². The molecule has 8 nitrogen and oxygen atoms in total. The summed E-state index contributed by atoms with van der Waals surface area (Å²) in [7, 11) is 1.50. The molecular weight excluding hydrogens is 336 g/mol. The molecule has 2 rings (SSSR count). The fourth-order valence-corrected chi connectivity index (χ4v) is 2.28. The van der Waals surface area contributed by atoms with Crippen LogP contribution in [0.2, 0.25) is 5.02 Å². The van der Waals surface area contributed by atoms with Gasteiger partial charge in [-0.25, -0.2) is 4.79 Å². The van der Waals surface area contributed by atoms with E-state index in [1.165, 1.54) is 11.9 Å². The van der Waals surface area contributed by atoms with Crippen molar-refractivity contribution in [1.29, 1.82) is 0 Å². The van der Waals surface area contributed by atoms with Crippen LogP contribution in [0.1, 0.15) is 12.8 Å². The Kier molecular flexibility index (Phi) is 5.75. The van der Waals surface area contributed by atoms with Gasteiger partial charge in [0.1, 0.15) is 6.04 Å². The smallest absolute Gasteiger partial charge is 0.322 e. The third-order valence-electron chi connectivity index (χ3n) is 3.44. The van der Waals surface area contributed by atoms with Gasteiger partial charge in [-0.3, -0.25) is 19.7 Å². The topological polar surface area (TPSA) is 108 Å². The molecule has 0 unspecified atom stereocenters. The van der Waals surface area contributed by atoms with E-state index in [1.807, 2.05) is 0 Å². The van der Waals surface area contributed by atoms with Crippen molar-refractivity contribution < 1.29 is 19.2 Å². The van der Waals surface area contributed by atoms with Crippen LogP contribution in [0.3, 0.4) is 0 Å². The summed E-state index contributed by atoms with van der Waals surface area (Å²) >= 11 is 5.76. The van der Waals surface area contributed by atoms with Gasteiger partial charge >= 0.3 is 6.03 Å². The van der Waals surface area contributed by atoms with E-state index in [9.17, 15) is 19.2 Å². The Morgan fingerprint density at radius 3 is 2.50 bits per heavy atom. The monoisotopic (exact) mass is 352 g/mol. The molecule has 3 N–H and O–H groups in total. The van der Waals surface area contributed by atoms with E-state index in [-0.39, 0.29) is 31.2 Å². The summed E-state index contributed by atoms with van der Waals surface area (Å²) in [5.74, 6) is -1.09. The van der Waals surface area contributed by atoms with Gasteiger partial charge in [0.15, 0.2) is 0 Å². The molecule has 1 heterocycles. The van der Waals surface area contributed by atoms with Gasteiger partial charge in [-0.05, 0) is 30.7 Å². The predicted molar refractivity (Wildman–Crippen MR) is 87.4 cm³/mol. The van der Waals surface area contributed by atoms with Crippen molar-refractivity contribution in [2.45, 2.75) is 18.9 Å². The average molecular weight is 353 g/mol. The highest BCUT2D eigenvalue weighted by molar-refractivity contribution is 6.30. The molecule has 0 radical (unpaired) electrons. The standard InChI is InChI=1S/C15H17ClN4O4/c1-20(8-12(21)17-10-4-2-9(16)3-5-10)13(22)7-6-11-14(23)19-15(24)18-11/h2-5,11H,6-8H2,1H3,(H,17,21)(H2,18,19,23,24)/t11-/m0/s1. The lowest BCUT2D eigenvalue weighted by Crippen LogP contribution is -2.36. The minimum atomic E-state index is -0.710. The van der Waals surface area contributed by atoms with Gasteiger partial charge in [0, 0.05) is 24.2 Å². The van der Waals surface area contributed by atoms with Crippen molar-refractivity contribution in [3.8, 4) is 0 Å². The highest BCUT2D eigenvalue weighted by atomic mass is 35.5. The molecule has 0 bridgehead atoms. The Balaban J connectivity index is 1.76. The van der Waals surface area contributed by atoms with Crippen molar-refractivity contribution in [2.24, 2.45) is 0 Å². The van der Waals surface area contributed by atoms with Crippen LogP contribution >= 0.6 is 11.6 Å². The fraction of sp³-hybridized carbons (Fsp3) is 0.333. The highest BCUT2D eigenvalue weighted by Gasteiger charge is 2.29. The second-order valence-corrected chi connectivity index (χ2v) is 5.80. The van der Waals surface area contributed by atoms with Crippen molar-refractivity contribution in [2.75, 3.05) is 18.9 Å². The summed E-state index contributed by atoms with van der Waals surface area (Å²) in [4.78, 5) is 47.5. The van der Waals surface area contributed by atoms with E-state index < -0.39 is 18.0 Å². The molecule has 0 saturated carbocycles. The second-order valence-electron chi connectivity index (χ2n) is 5.36. The number of nitrogens with one attached hydrogen (secondary N) is 3.